The van der Waals surface area contributed by atoms with E-state index in [-0.39, 0.29) is 6.61 Å². The fourth-order valence-electron chi connectivity index (χ4n) is 2.01. The smallest absolute Gasteiger partial charge is 0.137 e. The van der Waals surface area contributed by atoms with Gasteiger partial charge in [0.25, 0.3) is 0 Å². The molecule has 0 saturated carbocycles. The summed E-state index contributed by atoms with van der Waals surface area (Å²) >= 11 is 0. The molecule has 3 rings (SSSR count). The molecule has 0 spiro atoms. The zero-order valence-corrected chi connectivity index (χ0v) is 11.3. The molecule has 1 N–H and O–H groups in total. The number of anilines is 2. The molecule has 2 aromatic heterocycles. The van der Waals surface area contributed by atoms with E-state index in [0.29, 0.717) is 11.6 Å². The molecule has 3 aromatic rings. The number of alkyl halides is 1. The van der Waals surface area contributed by atoms with E-state index in [0.717, 1.165) is 16.5 Å². The van der Waals surface area contributed by atoms with Crippen molar-refractivity contribution in [1.82, 2.24) is 9.97 Å². The van der Waals surface area contributed by atoms with Crippen LogP contribution in [0.25, 0.3) is 10.8 Å². The number of nitrogens with one attached hydrogen (secondary N) is 1. The lowest BCUT2D eigenvalue weighted by Gasteiger charge is -2.08. The number of fused-ring (bicyclic) bond motifs is 1. The van der Waals surface area contributed by atoms with Gasteiger partial charge in [-0.1, -0.05) is 6.07 Å². The SMILES string of the molecule is FCCOc1ccc(Nc2ccc3cnccc3c2)nc1. The summed E-state index contributed by atoms with van der Waals surface area (Å²) in [5.41, 5.74) is 0.943. The first-order valence-corrected chi connectivity index (χ1v) is 6.61. The number of nitrogens with zero attached hydrogens (tertiary/aromatic N) is 2. The minimum atomic E-state index is -0.508. The highest BCUT2D eigenvalue weighted by molar-refractivity contribution is 5.85. The highest BCUT2D eigenvalue weighted by Crippen LogP contribution is 2.21. The molecule has 106 valence electrons. The first-order chi connectivity index (χ1) is 10.3. The van der Waals surface area contributed by atoms with Gasteiger partial charge in [0.2, 0.25) is 0 Å². The summed E-state index contributed by atoms with van der Waals surface area (Å²) < 4.78 is 17.2. The molecule has 21 heavy (non-hydrogen) atoms. The predicted octanol–water partition coefficient (Wildman–Crippen LogP) is 3.72. The number of ether oxygens (including phenoxy) is 1. The largest absolute Gasteiger partial charge is 0.489 e. The van der Waals surface area contributed by atoms with E-state index in [1.54, 1.807) is 24.5 Å². The highest BCUT2D eigenvalue weighted by Gasteiger charge is 2.00. The van der Waals surface area contributed by atoms with Gasteiger partial charge in [-0.2, -0.15) is 0 Å². The summed E-state index contributed by atoms with van der Waals surface area (Å²) in [4.78, 5) is 8.32. The van der Waals surface area contributed by atoms with Crippen molar-refractivity contribution in [3.8, 4) is 5.75 Å². The Kier molecular flexibility index (Phi) is 3.91. The standard InChI is InChI=1S/C16H14FN3O/c17-6-8-21-15-3-4-16(19-11-15)20-14-2-1-13-10-18-7-5-12(13)9-14/h1-5,7,9-11H,6,8H2,(H,19,20). The Labute approximate surface area is 121 Å². The van der Waals surface area contributed by atoms with Gasteiger partial charge in [0, 0.05) is 23.5 Å². The van der Waals surface area contributed by atoms with Crippen molar-refractivity contribution >= 4 is 22.3 Å². The van der Waals surface area contributed by atoms with Crippen LogP contribution in [0.3, 0.4) is 0 Å². The van der Waals surface area contributed by atoms with Crippen molar-refractivity contribution in [3.63, 3.8) is 0 Å². The minimum absolute atomic E-state index is 0.0488. The van der Waals surface area contributed by atoms with Gasteiger partial charge in [0.05, 0.1) is 6.20 Å². The molecule has 0 aliphatic heterocycles. The van der Waals surface area contributed by atoms with Crippen molar-refractivity contribution in [3.05, 3.63) is 55.0 Å². The van der Waals surface area contributed by atoms with Crippen LogP contribution in [0.2, 0.25) is 0 Å². The van der Waals surface area contributed by atoms with E-state index < -0.39 is 6.67 Å². The van der Waals surface area contributed by atoms with E-state index in [2.05, 4.69) is 15.3 Å². The van der Waals surface area contributed by atoms with Crippen LogP contribution in [0.15, 0.2) is 55.0 Å². The van der Waals surface area contributed by atoms with Crippen LogP contribution in [0.1, 0.15) is 0 Å². The number of pyridine rings is 2. The third-order valence-corrected chi connectivity index (χ3v) is 3.00. The highest BCUT2D eigenvalue weighted by atomic mass is 19.1. The van der Waals surface area contributed by atoms with Gasteiger partial charge < -0.3 is 10.1 Å². The maximum absolute atomic E-state index is 12.0. The molecule has 0 saturated heterocycles. The third-order valence-electron chi connectivity index (χ3n) is 3.00. The lowest BCUT2D eigenvalue weighted by atomic mass is 10.1. The van der Waals surface area contributed by atoms with Crippen molar-refractivity contribution < 1.29 is 9.13 Å². The minimum Gasteiger partial charge on any atom is -0.489 e. The molecular weight excluding hydrogens is 269 g/mol. The molecule has 4 nitrogen and oxygen atoms in total. The van der Waals surface area contributed by atoms with Crippen LogP contribution in [0.5, 0.6) is 5.75 Å². The first kappa shape index (κ1) is 13.3. The average molecular weight is 283 g/mol. The Morgan fingerprint density at radius 2 is 2.00 bits per heavy atom. The number of aromatic nitrogens is 2. The molecule has 2 heterocycles. The summed E-state index contributed by atoms with van der Waals surface area (Å²) in [5.74, 6) is 1.26. The topological polar surface area (TPSA) is 47.0 Å². The number of hydrogen-bond donors (Lipinski definition) is 1. The predicted molar refractivity (Wildman–Crippen MR) is 80.7 cm³/mol. The second-order valence-corrected chi connectivity index (χ2v) is 4.48. The number of benzene rings is 1. The first-order valence-electron chi connectivity index (χ1n) is 6.61. The molecule has 0 aliphatic carbocycles. The summed E-state index contributed by atoms with van der Waals surface area (Å²) in [6, 6.07) is 11.5. The fourth-order valence-corrected chi connectivity index (χ4v) is 2.01. The van der Waals surface area contributed by atoms with Crippen molar-refractivity contribution in [2.75, 3.05) is 18.6 Å². The average Bonchev–Trinajstić information content (AvgIpc) is 2.54. The van der Waals surface area contributed by atoms with Crippen molar-refractivity contribution in [2.45, 2.75) is 0 Å². The van der Waals surface area contributed by atoms with Crippen LogP contribution >= 0.6 is 0 Å². The maximum Gasteiger partial charge on any atom is 0.137 e. The second-order valence-electron chi connectivity index (χ2n) is 4.48. The zero-order valence-electron chi connectivity index (χ0n) is 11.3. The van der Waals surface area contributed by atoms with Gasteiger partial charge in [-0.15, -0.1) is 0 Å². The van der Waals surface area contributed by atoms with E-state index in [4.69, 9.17) is 4.74 Å². The van der Waals surface area contributed by atoms with Crippen molar-refractivity contribution in [1.29, 1.82) is 0 Å². The number of halogens is 1. The molecule has 0 unspecified atom stereocenters. The normalized spacial score (nSPS) is 10.5. The monoisotopic (exact) mass is 283 g/mol. The lowest BCUT2D eigenvalue weighted by molar-refractivity contribution is 0.272. The zero-order chi connectivity index (χ0) is 14.5. The van der Waals surface area contributed by atoms with Gasteiger partial charge in [-0.05, 0) is 35.7 Å². The Hall–Kier alpha value is -2.69. The number of hydrogen-bond acceptors (Lipinski definition) is 4. The van der Waals surface area contributed by atoms with Gasteiger partial charge in [0.1, 0.15) is 24.8 Å². The Bertz CT molecular complexity index is 731. The molecule has 0 radical (unpaired) electrons. The van der Waals surface area contributed by atoms with Crippen LogP contribution in [0, 0.1) is 0 Å². The van der Waals surface area contributed by atoms with Gasteiger partial charge in [-0.3, -0.25) is 4.98 Å². The molecule has 0 fully saturated rings. The van der Waals surface area contributed by atoms with Crippen molar-refractivity contribution in [2.24, 2.45) is 0 Å². The molecule has 0 aliphatic rings. The van der Waals surface area contributed by atoms with E-state index in [1.807, 2.05) is 30.5 Å². The molecular formula is C16H14FN3O. The quantitative estimate of drug-likeness (QED) is 0.775. The Morgan fingerprint density at radius 3 is 2.81 bits per heavy atom. The van der Waals surface area contributed by atoms with E-state index in [1.165, 1.54) is 0 Å². The fraction of sp³-hybridized carbons (Fsp3) is 0.125. The van der Waals surface area contributed by atoms with Gasteiger partial charge in [-0.25, -0.2) is 9.37 Å². The molecule has 0 atom stereocenters. The molecule has 0 amide bonds. The van der Waals surface area contributed by atoms with Gasteiger partial charge >= 0.3 is 0 Å². The van der Waals surface area contributed by atoms with Crippen LogP contribution in [-0.4, -0.2) is 23.2 Å². The summed E-state index contributed by atoms with van der Waals surface area (Å²) in [5, 5.41) is 5.42. The Morgan fingerprint density at radius 1 is 1.05 bits per heavy atom. The molecule has 0 bridgehead atoms. The van der Waals surface area contributed by atoms with E-state index in [9.17, 15) is 4.39 Å². The molecule has 5 heteroatoms. The maximum atomic E-state index is 12.0. The third kappa shape index (κ3) is 3.25. The summed E-state index contributed by atoms with van der Waals surface area (Å²) in [7, 11) is 0. The van der Waals surface area contributed by atoms with Gasteiger partial charge in [0.15, 0.2) is 0 Å². The number of rotatable bonds is 5. The lowest BCUT2D eigenvalue weighted by Crippen LogP contribution is -1.99. The summed E-state index contributed by atoms with van der Waals surface area (Å²) in [6.45, 7) is -0.459. The summed E-state index contributed by atoms with van der Waals surface area (Å²) in [6.07, 6.45) is 5.17. The second kappa shape index (κ2) is 6.17. The van der Waals surface area contributed by atoms with Crippen LogP contribution in [0.4, 0.5) is 15.9 Å². The Balaban J connectivity index is 1.75. The van der Waals surface area contributed by atoms with E-state index >= 15 is 0 Å². The van der Waals surface area contributed by atoms with Crippen LogP contribution < -0.4 is 10.1 Å². The molecule has 1 aromatic carbocycles. The van der Waals surface area contributed by atoms with Crippen LogP contribution in [-0.2, 0) is 0 Å².